The highest BCUT2D eigenvalue weighted by atomic mass is 35.5. The Morgan fingerprint density at radius 2 is 2.00 bits per heavy atom. The Morgan fingerprint density at radius 1 is 1.35 bits per heavy atom. The molecule has 2 N–H and O–H groups in total. The van der Waals surface area contributed by atoms with Gasteiger partial charge in [-0.15, -0.1) is 0 Å². The third-order valence-corrected chi connectivity index (χ3v) is 3.82. The quantitative estimate of drug-likeness (QED) is 0.640. The summed E-state index contributed by atoms with van der Waals surface area (Å²) in [6.45, 7) is 2.04. The van der Waals surface area contributed by atoms with E-state index >= 15 is 0 Å². The van der Waals surface area contributed by atoms with Crippen LogP contribution in [0.5, 0.6) is 0 Å². The molecular weight excluding hydrogens is 232 g/mol. The zero-order chi connectivity index (χ0) is 12.3. The van der Waals surface area contributed by atoms with Gasteiger partial charge in [-0.2, -0.15) is 0 Å². The van der Waals surface area contributed by atoms with Crippen LogP contribution >= 0.6 is 11.6 Å². The fourth-order valence-electron chi connectivity index (χ4n) is 2.43. The molecule has 1 unspecified atom stereocenters. The molecule has 1 aromatic carbocycles. The lowest BCUT2D eigenvalue weighted by molar-refractivity contribution is 0.700. The lowest BCUT2D eigenvalue weighted by Crippen LogP contribution is -2.22. The Kier molecular flexibility index (Phi) is 4.06. The predicted octanol–water partition coefficient (Wildman–Crippen LogP) is 3.95. The standard InChI is InChI=1S/C14H19ClN2/c1-10(12-8-4-5-9-13(12)15)17-14(16)11-6-2-3-7-11/h4-5,8-11H,2-3,6-7H2,1H3,(H2,16,17). The molecule has 0 heterocycles. The second-order valence-electron chi connectivity index (χ2n) is 4.73. The molecule has 1 fully saturated rings. The van der Waals surface area contributed by atoms with Crippen LogP contribution in [-0.2, 0) is 0 Å². The van der Waals surface area contributed by atoms with Crippen molar-refractivity contribution >= 4 is 17.4 Å². The Balaban J connectivity index is 2.12. The summed E-state index contributed by atoms with van der Waals surface area (Å²) >= 11 is 6.15. The Hall–Kier alpha value is -1.02. The zero-order valence-electron chi connectivity index (χ0n) is 10.2. The van der Waals surface area contributed by atoms with Gasteiger partial charge in [0.25, 0.3) is 0 Å². The predicted molar refractivity (Wildman–Crippen MR) is 73.4 cm³/mol. The van der Waals surface area contributed by atoms with Gasteiger partial charge in [-0.25, -0.2) is 0 Å². The summed E-state index contributed by atoms with van der Waals surface area (Å²) in [7, 11) is 0. The van der Waals surface area contributed by atoms with Crippen molar-refractivity contribution in [3.63, 3.8) is 0 Å². The second-order valence-corrected chi connectivity index (χ2v) is 5.14. The number of benzene rings is 1. The van der Waals surface area contributed by atoms with Crippen molar-refractivity contribution in [2.75, 3.05) is 0 Å². The average Bonchev–Trinajstić information content (AvgIpc) is 2.82. The summed E-state index contributed by atoms with van der Waals surface area (Å²) in [6.07, 6.45) is 4.93. The van der Waals surface area contributed by atoms with Crippen LogP contribution in [0.15, 0.2) is 29.3 Å². The van der Waals surface area contributed by atoms with Crippen molar-refractivity contribution in [1.29, 1.82) is 0 Å². The van der Waals surface area contributed by atoms with E-state index in [4.69, 9.17) is 17.3 Å². The molecule has 2 nitrogen and oxygen atoms in total. The van der Waals surface area contributed by atoms with Gasteiger partial charge in [0, 0.05) is 10.9 Å². The molecule has 1 atom stereocenters. The van der Waals surface area contributed by atoms with E-state index < -0.39 is 0 Å². The highest BCUT2D eigenvalue weighted by Crippen LogP contribution is 2.28. The molecule has 92 valence electrons. The molecule has 1 aliphatic carbocycles. The molecule has 0 spiro atoms. The van der Waals surface area contributed by atoms with E-state index in [2.05, 4.69) is 4.99 Å². The van der Waals surface area contributed by atoms with Gasteiger partial charge in [0.2, 0.25) is 0 Å². The summed E-state index contributed by atoms with van der Waals surface area (Å²) in [5.74, 6) is 1.29. The minimum atomic E-state index is 0.0456. The molecule has 0 aliphatic heterocycles. The summed E-state index contributed by atoms with van der Waals surface area (Å²) in [4.78, 5) is 4.60. The molecule has 0 bridgehead atoms. The zero-order valence-corrected chi connectivity index (χ0v) is 11.0. The monoisotopic (exact) mass is 250 g/mol. The molecule has 1 aliphatic rings. The Labute approximate surface area is 108 Å². The topological polar surface area (TPSA) is 38.4 Å². The minimum absolute atomic E-state index is 0.0456. The van der Waals surface area contributed by atoms with Crippen LogP contribution in [0.25, 0.3) is 0 Å². The maximum atomic E-state index is 6.15. The van der Waals surface area contributed by atoms with Crippen molar-refractivity contribution in [3.8, 4) is 0 Å². The summed E-state index contributed by atoms with van der Waals surface area (Å²) in [6, 6.07) is 7.87. The Bertz CT molecular complexity index is 408. The van der Waals surface area contributed by atoms with Crippen molar-refractivity contribution in [2.45, 2.75) is 38.6 Å². The third-order valence-electron chi connectivity index (χ3n) is 3.47. The first-order valence-corrected chi connectivity index (χ1v) is 6.64. The molecule has 0 radical (unpaired) electrons. The van der Waals surface area contributed by atoms with E-state index in [1.807, 2.05) is 31.2 Å². The van der Waals surface area contributed by atoms with Gasteiger partial charge >= 0.3 is 0 Å². The van der Waals surface area contributed by atoms with Gasteiger partial charge in [-0.3, -0.25) is 4.99 Å². The first-order valence-electron chi connectivity index (χ1n) is 6.26. The van der Waals surface area contributed by atoms with Gasteiger partial charge in [-0.05, 0) is 31.4 Å². The van der Waals surface area contributed by atoms with E-state index in [1.165, 1.54) is 25.7 Å². The van der Waals surface area contributed by atoms with E-state index in [1.54, 1.807) is 0 Å². The normalized spacial score (nSPS) is 19.5. The van der Waals surface area contributed by atoms with Crippen molar-refractivity contribution in [2.24, 2.45) is 16.6 Å². The highest BCUT2D eigenvalue weighted by molar-refractivity contribution is 6.31. The van der Waals surface area contributed by atoms with Gasteiger partial charge in [0.15, 0.2) is 0 Å². The number of halogens is 1. The summed E-state index contributed by atoms with van der Waals surface area (Å²) in [5.41, 5.74) is 7.13. The van der Waals surface area contributed by atoms with Crippen LogP contribution in [0, 0.1) is 5.92 Å². The molecule has 0 amide bonds. The van der Waals surface area contributed by atoms with E-state index in [-0.39, 0.29) is 6.04 Å². The summed E-state index contributed by atoms with van der Waals surface area (Å²) in [5, 5.41) is 0.767. The fraction of sp³-hybridized carbons (Fsp3) is 0.500. The molecule has 17 heavy (non-hydrogen) atoms. The minimum Gasteiger partial charge on any atom is -0.387 e. The smallest absolute Gasteiger partial charge is 0.0975 e. The Morgan fingerprint density at radius 3 is 2.65 bits per heavy atom. The maximum absolute atomic E-state index is 6.15. The van der Waals surface area contributed by atoms with Crippen molar-refractivity contribution in [1.82, 2.24) is 0 Å². The van der Waals surface area contributed by atoms with Gasteiger partial charge in [0.05, 0.1) is 11.9 Å². The number of nitrogens with two attached hydrogens (primary N) is 1. The van der Waals surface area contributed by atoms with Crippen LogP contribution in [0.3, 0.4) is 0 Å². The van der Waals surface area contributed by atoms with Crippen molar-refractivity contribution in [3.05, 3.63) is 34.9 Å². The lowest BCUT2D eigenvalue weighted by atomic mass is 10.1. The lowest BCUT2D eigenvalue weighted by Gasteiger charge is -2.13. The SMILES string of the molecule is CC(N=C(N)C1CCCC1)c1ccccc1Cl. The third kappa shape index (κ3) is 3.01. The van der Waals surface area contributed by atoms with Crippen LogP contribution < -0.4 is 5.73 Å². The second kappa shape index (κ2) is 5.54. The molecule has 1 aromatic rings. The largest absolute Gasteiger partial charge is 0.387 e. The van der Waals surface area contributed by atoms with Crippen LogP contribution in [-0.4, -0.2) is 5.84 Å². The molecular formula is C14H19ClN2. The van der Waals surface area contributed by atoms with E-state index in [9.17, 15) is 0 Å². The number of rotatable bonds is 3. The number of amidine groups is 1. The first kappa shape index (κ1) is 12.4. The van der Waals surface area contributed by atoms with Gasteiger partial charge in [0.1, 0.15) is 0 Å². The first-order chi connectivity index (χ1) is 8.18. The van der Waals surface area contributed by atoms with E-state index in [0.717, 1.165) is 16.4 Å². The number of aliphatic imine (C=N–C) groups is 1. The van der Waals surface area contributed by atoms with Crippen LogP contribution in [0.2, 0.25) is 5.02 Å². The number of hydrogen-bond donors (Lipinski definition) is 1. The molecule has 0 aromatic heterocycles. The van der Waals surface area contributed by atoms with Crippen LogP contribution in [0.4, 0.5) is 0 Å². The fourth-order valence-corrected chi connectivity index (χ4v) is 2.73. The van der Waals surface area contributed by atoms with Gasteiger partial charge in [-0.1, -0.05) is 42.6 Å². The average molecular weight is 251 g/mol. The molecule has 3 heteroatoms. The highest BCUT2D eigenvalue weighted by Gasteiger charge is 2.19. The van der Waals surface area contributed by atoms with E-state index in [0.29, 0.717) is 5.92 Å². The van der Waals surface area contributed by atoms with Crippen molar-refractivity contribution < 1.29 is 0 Å². The molecule has 1 saturated carbocycles. The number of hydrogen-bond acceptors (Lipinski definition) is 1. The molecule has 2 rings (SSSR count). The maximum Gasteiger partial charge on any atom is 0.0975 e. The number of nitrogens with zero attached hydrogens (tertiary/aromatic N) is 1. The van der Waals surface area contributed by atoms with Gasteiger partial charge < -0.3 is 5.73 Å². The molecule has 0 saturated heterocycles. The van der Waals surface area contributed by atoms with Crippen LogP contribution in [0.1, 0.15) is 44.2 Å². The summed E-state index contributed by atoms with van der Waals surface area (Å²) < 4.78 is 0.